The molecule has 3 rings (SSSR count). The van der Waals surface area contributed by atoms with Crippen LogP contribution >= 0.6 is 0 Å². The Hall–Kier alpha value is -2.08. The first-order chi connectivity index (χ1) is 12.5. The van der Waals surface area contributed by atoms with Crippen molar-refractivity contribution in [3.05, 3.63) is 29.8 Å². The van der Waals surface area contributed by atoms with Gasteiger partial charge in [0, 0.05) is 36.8 Å². The Kier molecular flexibility index (Phi) is 6.14. The van der Waals surface area contributed by atoms with Crippen LogP contribution in [0.25, 0.3) is 0 Å². The molecule has 6 nitrogen and oxygen atoms in total. The van der Waals surface area contributed by atoms with Crippen LogP contribution in [0.2, 0.25) is 0 Å². The summed E-state index contributed by atoms with van der Waals surface area (Å²) in [5.41, 5.74) is 1.77. The molecule has 2 bridgehead atoms. The number of nitrogens with one attached hydrogen (secondary N) is 4. The van der Waals surface area contributed by atoms with Crippen molar-refractivity contribution in [1.29, 1.82) is 0 Å². The number of amides is 3. The maximum absolute atomic E-state index is 12.2. The van der Waals surface area contributed by atoms with Gasteiger partial charge in [-0.3, -0.25) is 4.79 Å². The van der Waals surface area contributed by atoms with Crippen molar-refractivity contribution in [2.45, 2.75) is 70.6 Å². The number of benzene rings is 1. The maximum Gasteiger partial charge on any atom is 0.319 e. The van der Waals surface area contributed by atoms with Crippen molar-refractivity contribution in [3.8, 4) is 0 Å². The van der Waals surface area contributed by atoms with Crippen molar-refractivity contribution in [2.24, 2.45) is 5.92 Å². The third-order valence-corrected chi connectivity index (χ3v) is 5.17. The van der Waals surface area contributed by atoms with Gasteiger partial charge >= 0.3 is 6.03 Å². The van der Waals surface area contributed by atoms with Crippen molar-refractivity contribution >= 4 is 17.6 Å². The third-order valence-electron chi connectivity index (χ3n) is 5.17. The predicted molar refractivity (Wildman–Crippen MR) is 103 cm³/mol. The van der Waals surface area contributed by atoms with E-state index in [1.54, 1.807) is 0 Å². The highest BCUT2D eigenvalue weighted by molar-refractivity contribution is 5.89. The molecule has 142 valence electrons. The highest BCUT2D eigenvalue weighted by atomic mass is 16.2. The lowest BCUT2D eigenvalue weighted by Gasteiger charge is -2.28. The van der Waals surface area contributed by atoms with E-state index in [9.17, 15) is 9.59 Å². The lowest BCUT2D eigenvalue weighted by molar-refractivity contribution is -0.122. The molecule has 2 saturated heterocycles. The summed E-state index contributed by atoms with van der Waals surface area (Å²) in [5, 5.41) is 12.2. The second kappa shape index (κ2) is 8.54. The van der Waals surface area contributed by atoms with Crippen molar-refractivity contribution in [2.75, 3.05) is 5.32 Å². The molecular weight excluding hydrogens is 328 g/mol. The summed E-state index contributed by atoms with van der Waals surface area (Å²) < 4.78 is 0. The Bertz CT molecular complexity index is 617. The van der Waals surface area contributed by atoms with E-state index in [1.807, 2.05) is 38.1 Å². The molecule has 2 aliphatic rings. The standard InChI is InChI=1S/C20H30N4O2/c1-13(2)22-20(26)24-16-5-3-14(4-6-16)12-21-19(25)11-15-9-17-7-8-18(10-15)23-17/h3-6,13,15,17-18,23H,7-12H2,1-2H3,(H,21,25)(H2,22,24,26). The van der Waals surface area contributed by atoms with E-state index in [4.69, 9.17) is 0 Å². The molecular formula is C20H30N4O2. The van der Waals surface area contributed by atoms with E-state index in [-0.39, 0.29) is 18.0 Å². The summed E-state index contributed by atoms with van der Waals surface area (Å²) in [5.74, 6) is 0.648. The van der Waals surface area contributed by atoms with E-state index in [2.05, 4.69) is 21.3 Å². The summed E-state index contributed by atoms with van der Waals surface area (Å²) >= 11 is 0. The first-order valence-corrected chi connectivity index (χ1v) is 9.67. The van der Waals surface area contributed by atoms with Crippen LogP contribution in [0.15, 0.2) is 24.3 Å². The number of piperidine rings is 1. The van der Waals surface area contributed by atoms with E-state index in [1.165, 1.54) is 12.8 Å². The van der Waals surface area contributed by atoms with Gasteiger partial charge in [0.25, 0.3) is 0 Å². The average molecular weight is 358 g/mol. The van der Waals surface area contributed by atoms with E-state index >= 15 is 0 Å². The lowest BCUT2D eigenvalue weighted by Crippen LogP contribution is -2.39. The molecule has 0 aromatic heterocycles. The molecule has 2 fully saturated rings. The van der Waals surface area contributed by atoms with Crippen LogP contribution < -0.4 is 21.3 Å². The second-order valence-electron chi connectivity index (χ2n) is 7.91. The number of hydrogen-bond donors (Lipinski definition) is 4. The van der Waals surface area contributed by atoms with Gasteiger partial charge in [-0.25, -0.2) is 4.79 Å². The molecule has 1 aromatic carbocycles. The van der Waals surface area contributed by atoms with Gasteiger partial charge in [-0.1, -0.05) is 12.1 Å². The van der Waals surface area contributed by atoms with Crippen LogP contribution in [0, 0.1) is 5.92 Å². The SMILES string of the molecule is CC(C)NC(=O)Nc1ccc(CNC(=O)CC2CC3CCC(C2)N3)cc1. The zero-order valence-corrected chi connectivity index (χ0v) is 15.7. The molecule has 6 heteroatoms. The second-order valence-corrected chi connectivity index (χ2v) is 7.91. The Morgan fingerprint density at radius 3 is 2.38 bits per heavy atom. The lowest BCUT2D eigenvalue weighted by atomic mass is 9.89. The minimum absolute atomic E-state index is 0.0969. The Morgan fingerprint density at radius 1 is 1.12 bits per heavy atom. The van der Waals surface area contributed by atoms with Gasteiger partial charge in [0.05, 0.1) is 0 Å². The molecule has 1 aromatic rings. The highest BCUT2D eigenvalue weighted by Gasteiger charge is 2.34. The van der Waals surface area contributed by atoms with Gasteiger partial charge in [0.2, 0.25) is 5.91 Å². The van der Waals surface area contributed by atoms with Gasteiger partial charge in [0.15, 0.2) is 0 Å². The minimum atomic E-state index is -0.211. The number of fused-ring (bicyclic) bond motifs is 2. The fourth-order valence-electron chi connectivity index (χ4n) is 4.01. The largest absolute Gasteiger partial charge is 0.352 e. The average Bonchev–Trinajstić information content (AvgIpc) is 2.92. The van der Waals surface area contributed by atoms with Gasteiger partial charge in [-0.2, -0.15) is 0 Å². The van der Waals surface area contributed by atoms with Gasteiger partial charge in [-0.15, -0.1) is 0 Å². The monoisotopic (exact) mass is 358 g/mol. The molecule has 26 heavy (non-hydrogen) atoms. The van der Waals surface area contributed by atoms with Gasteiger partial charge in [-0.05, 0) is 63.1 Å². The molecule has 0 radical (unpaired) electrons. The summed E-state index contributed by atoms with van der Waals surface area (Å²) in [4.78, 5) is 23.9. The normalized spacial score (nSPS) is 24.3. The van der Waals surface area contributed by atoms with Crippen LogP contribution in [0.5, 0.6) is 0 Å². The predicted octanol–water partition coefficient (Wildman–Crippen LogP) is 2.75. The van der Waals surface area contributed by atoms with E-state index < -0.39 is 0 Å². The number of urea groups is 1. The zero-order chi connectivity index (χ0) is 18.5. The number of rotatable bonds is 6. The number of carbonyl (C=O) groups is 2. The van der Waals surface area contributed by atoms with Gasteiger partial charge < -0.3 is 21.3 Å². The summed E-state index contributed by atoms with van der Waals surface area (Å²) in [6.07, 6.45) is 5.41. The fraction of sp³-hybridized carbons (Fsp3) is 0.600. The number of hydrogen-bond acceptors (Lipinski definition) is 3. The summed E-state index contributed by atoms with van der Waals surface area (Å²) in [7, 11) is 0. The maximum atomic E-state index is 12.2. The van der Waals surface area contributed by atoms with Crippen LogP contribution in [-0.4, -0.2) is 30.1 Å². The fourth-order valence-corrected chi connectivity index (χ4v) is 4.01. The molecule has 2 aliphatic heterocycles. The highest BCUT2D eigenvalue weighted by Crippen LogP contribution is 2.32. The molecule has 2 atom stereocenters. The smallest absolute Gasteiger partial charge is 0.319 e. The van der Waals surface area contributed by atoms with E-state index in [0.29, 0.717) is 31.0 Å². The third kappa shape index (κ3) is 5.46. The molecule has 0 aliphatic carbocycles. The Balaban J connectivity index is 1.40. The molecule has 3 amide bonds. The Morgan fingerprint density at radius 2 is 1.77 bits per heavy atom. The van der Waals surface area contributed by atoms with Crippen LogP contribution in [0.3, 0.4) is 0 Å². The number of anilines is 1. The van der Waals surface area contributed by atoms with Crippen LogP contribution in [0.1, 0.15) is 51.5 Å². The topological polar surface area (TPSA) is 82.3 Å². The van der Waals surface area contributed by atoms with Crippen molar-refractivity contribution in [1.82, 2.24) is 16.0 Å². The van der Waals surface area contributed by atoms with Gasteiger partial charge in [0.1, 0.15) is 0 Å². The molecule has 2 unspecified atom stereocenters. The number of carbonyl (C=O) groups excluding carboxylic acids is 2. The molecule has 0 saturated carbocycles. The zero-order valence-electron chi connectivity index (χ0n) is 15.7. The van der Waals surface area contributed by atoms with Crippen LogP contribution in [-0.2, 0) is 11.3 Å². The quantitative estimate of drug-likeness (QED) is 0.631. The minimum Gasteiger partial charge on any atom is -0.352 e. The summed E-state index contributed by atoms with van der Waals surface area (Å²) in [6, 6.07) is 8.69. The summed E-state index contributed by atoms with van der Waals surface area (Å²) in [6.45, 7) is 4.36. The first-order valence-electron chi connectivity index (χ1n) is 9.67. The van der Waals surface area contributed by atoms with Crippen molar-refractivity contribution in [3.63, 3.8) is 0 Å². The van der Waals surface area contributed by atoms with E-state index in [0.717, 1.165) is 24.1 Å². The van der Waals surface area contributed by atoms with Crippen molar-refractivity contribution < 1.29 is 9.59 Å². The first kappa shape index (κ1) is 18.7. The Labute approximate surface area is 155 Å². The molecule has 0 spiro atoms. The molecule has 2 heterocycles. The van der Waals surface area contributed by atoms with Crippen LogP contribution in [0.4, 0.5) is 10.5 Å². The molecule has 4 N–H and O–H groups in total.